The summed E-state index contributed by atoms with van der Waals surface area (Å²) in [7, 11) is 0. The van der Waals surface area contributed by atoms with E-state index in [-0.39, 0.29) is 50.6 Å². The SMILES string of the molecule is CCCCC/C=C/C/C=C/CCCCCCCC(=O)[O-].CCCCC/C=C/C/C=C/CCCCCCCC(=O)[O-].[Ca+2]. The van der Waals surface area contributed by atoms with Gasteiger partial charge in [0, 0.05) is 11.9 Å². The van der Waals surface area contributed by atoms with Gasteiger partial charge in [-0.3, -0.25) is 0 Å². The van der Waals surface area contributed by atoms with Crippen LogP contribution in [0.2, 0.25) is 0 Å². The van der Waals surface area contributed by atoms with Crippen molar-refractivity contribution >= 4 is 49.7 Å². The van der Waals surface area contributed by atoms with Crippen LogP contribution in [0.4, 0.5) is 0 Å². The summed E-state index contributed by atoms with van der Waals surface area (Å²) in [6, 6.07) is 0. The van der Waals surface area contributed by atoms with Crippen molar-refractivity contribution in [1.82, 2.24) is 0 Å². The number of carboxylic acid groups (broad SMARTS) is 2. The van der Waals surface area contributed by atoms with Crippen molar-refractivity contribution in [3.05, 3.63) is 48.6 Å². The van der Waals surface area contributed by atoms with Crippen LogP contribution in [0.5, 0.6) is 0 Å². The van der Waals surface area contributed by atoms with Crippen LogP contribution < -0.4 is 10.2 Å². The molecule has 0 unspecified atom stereocenters. The Kier molecular flexibility index (Phi) is 44.9. The van der Waals surface area contributed by atoms with Gasteiger partial charge in [0.25, 0.3) is 0 Å². The smallest absolute Gasteiger partial charge is 0.550 e. The first-order chi connectivity index (χ1) is 19.5. The van der Waals surface area contributed by atoms with Gasteiger partial charge < -0.3 is 19.8 Å². The van der Waals surface area contributed by atoms with E-state index in [2.05, 4.69) is 62.5 Å². The van der Waals surface area contributed by atoms with Crippen LogP contribution in [0.3, 0.4) is 0 Å². The van der Waals surface area contributed by atoms with Crippen LogP contribution in [0, 0.1) is 0 Å². The molecule has 0 fully saturated rings. The van der Waals surface area contributed by atoms with E-state index in [1.807, 2.05) is 0 Å². The fourth-order valence-corrected chi connectivity index (χ4v) is 4.16. The first-order valence-electron chi connectivity index (χ1n) is 16.5. The molecule has 0 radical (unpaired) electrons. The number of carbonyl (C=O) groups excluding carboxylic acids is 2. The molecular formula is C36H62CaO4. The number of allylic oxidation sites excluding steroid dienone is 8. The third-order valence-electron chi connectivity index (χ3n) is 6.66. The van der Waals surface area contributed by atoms with E-state index in [9.17, 15) is 19.8 Å². The molecule has 0 aromatic rings. The third-order valence-corrected chi connectivity index (χ3v) is 6.66. The van der Waals surface area contributed by atoms with Crippen LogP contribution >= 0.6 is 0 Å². The van der Waals surface area contributed by atoms with Crippen LogP contribution in [0.1, 0.15) is 168 Å². The molecule has 0 amide bonds. The minimum absolute atomic E-state index is 0. The van der Waals surface area contributed by atoms with Crippen molar-refractivity contribution < 1.29 is 19.8 Å². The second kappa shape index (κ2) is 41.3. The molecule has 0 aliphatic rings. The first-order valence-corrected chi connectivity index (χ1v) is 16.5. The molecule has 0 bridgehead atoms. The van der Waals surface area contributed by atoms with Crippen molar-refractivity contribution in [2.24, 2.45) is 0 Å². The average molecular weight is 599 g/mol. The van der Waals surface area contributed by atoms with Crippen molar-refractivity contribution in [2.75, 3.05) is 0 Å². The quantitative estimate of drug-likeness (QED) is 0.0512. The van der Waals surface area contributed by atoms with Gasteiger partial charge in [0.15, 0.2) is 0 Å². The van der Waals surface area contributed by atoms with E-state index in [4.69, 9.17) is 0 Å². The van der Waals surface area contributed by atoms with Crippen LogP contribution in [-0.4, -0.2) is 49.7 Å². The number of carboxylic acids is 2. The summed E-state index contributed by atoms with van der Waals surface area (Å²) < 4.78 is 0. The number of carbonyl (C=O) groups is 2. The topological polar surface area (TPSA) is 80.3 Å². The van der Waals surface area contributed by atoms with Crippen LogP contribution in [0.15, 0.2) is 48.6 Å². The molecule has 4 nitrogen and oxygen atoms in total. The largest absolute Gasteiger partial charge is 2.00 e. The molecule has 5 heteroatoms. The van der Waals surface area contributed by atoms with Gasteiger partial charge >= 0.3 is 37.7 Å². The number of unbranched alkanes of at least 4 members (excludes halogenated alkanes) is 16. The maximum Gasteiger partial charge on any atom is 2.00 e. The Bertz CT molecular complexity index is 596. The van der Waals surface area contributed by atoms with E-state index < -0.39 is 11.9 Å². The fraction of sp³-hybridized carbons (Fsp3) is 0.722. The van der Waals surface area contributed by atoms with E-state index in [0.717, 1.165) is 64.2 Å². The standard InChI is InChI=1S/2C18H32O2.Ca/c2*1-2-3-4-5-6-7-8-9-10-11-12-13-14-15-16-17-18(19)20;/h2*6-7,9-10H,2-5,8,11-17H2,1H3,(H,19,20);/q;;+2/p-2/b2*7-6+,10-9+;. The summed E-state index contributed by atoms with van der Waals surface area (Å²) in [5.74, 6) is -1.84. The van der Waals surface area contributed by atoms with Crippen molar-refractivity contribution in [2.45, 2.75) is 168 Å². The van der Waals surface area contributed by atoms with E-state index in [0.29, 0.717) is 0 Å². The molecule has 0 aliphatic carbocycles. The van der Waals surface area contributed by atoms with Gasteiger partial charge in [0.1, 0.15) is 0 Å². The van der Waals surface area contributed by atoms with E-state index in [1.54, 1.807) is 0 Å². The maximum absolute atomic E-state index is 10.2. The normalized spacial score (nSPS) is 11.4. The second-order valence-electron chi connectivity index (χ2n) is 10.7. The zero-order valence-electron chi connectivity index (χ0n) is 26.9. The van der Waals surface area contributed by atoms with Gasteiger partial charge in [-0.1, -0.05) is 127 Å². The zero-order chi connectivity index (χ0) is 29.8. The Morgan fingerprint density at radius 2 is 0.683 bits per heavy atom. The molecule has 0 aromatic carbocycles. The van der Waals surface area contributed by atoms with E-state index >= 15 is 0 Å². The predicted octanol–water partition coefficient (Wildman–Crippen LogP) is 8.72. The molecule has 0 rings (SSSR count). The predicted molar refractivity (Wildman–Crippen MR) is 174 cm³/mol. The van der Waals surface area contributed by atoms with Gasteiger partial charge in [-0.05, 0) is 89.9 Å². The van der Waals surface area contributed by atoms with Crippen LogP contribution in [0.25, 0.3) is 0 Å². The number of aliphatic carboxylic acids is 2. The summed E-state index contributed by atoms with van der Waals surface area (Å²) in [4.78, 5) is 20.4. The number of hydrogen-bond donors (Lipinski definition) is 0. The summed E-state index contributed by atoms with van der Waals surface area (Å²) in [5.41, 5.74) is 0. The monoisotopic (exact) mass is 598 g/mol. The van der Waals surface area contributed by atoms with Crippen molar-refractivity contribution in [1.29, 1.82) is 0 Å². The van der Waals surface area contributed by atoms with Gasteiger partial charge in [0.05, 0.1) is 0 Å². The van der Waals surface area contributed by atoms with Gasteiger partial charge in [-0.2, -0.15) is 0 Å². The zero-order valence-corrected chi connectivity index (χ0v) is 29.1. The van der Waals surface area contributed by atoms with Crippen molar-refractivity contribution in [3.8, 4) is 0 Å². The molecule has 0 spiro atoms. The molecule has 0 heterocycles. The minimum Gasteiger partial charge on any atom is -0.550 e. The average Bonchev–Trinajstić information content (AvgIpc) is 2.93. The number of rotatable bonds is 28. The first kappa shape index (κ1) is 44.6. The Balaban J connectivity index is -0.000000688. The van der Waals surface area contributed by atoms with Gasteiger partial charge in [-0.15, -0.1) is 0 Å². The van der Waals surface area contributed by atoms with Gasteiger partial charge in [-0.25, -0.2) is 0 Å². The second-order valence-corrected chi connectivity index (χ2v) is 10.7. The maximum atomic E-state index is 10.2. The molecule has 0 N–H and O–H groups in total. The molecule has 0 saturated heterocycles. The Morgan fingerprint density at radius 1 is 0.415 bits per heavy atom. The van der Waals surface area contributed by atoms with E-state index in [1.165, 1.54) is 77.0 Å². The summed E-state index contributed by atoms with van der Waals surface area (Å²) in [6.07, 6.45) is 43.9. The fourth-order valence-electron chi connectivity index (χ4n) is 4.16. The minimum atomic E-state index is -0.921. The van der Waals surface area contributed by atoms with Crippen LogP contribution in [-0.2, 0) is 9.59 Å². The Hall–Kier alpha value is -0.840. The molecule has 232 valence electrons. The Morgan fingerprint density at radius 3 is 0.976 bits per heavy atom. The summed E-state index contributed by atoms with van der Waals surface area (Å²) in [6.45, 7) is 4.46. The molecule has 0 aromatic heterocycles. The molecule has 0 atom stereocenters. The van der Waals surface area contributed by atoms with Gasteiger partial charge in [0.2, 0.25) is 0 Å². The molecule has 0 aliphatic heterocycles. The molecular weight excluding hydrogens is 536 g/mol. The third kappa shape index (κ3) is 49.2. The molecule has 41 heavy (non-hydrogen) atoms. The summed E-state index contributed by atoms with van der Waals surface area (Å²) in [5, 5.41) is 20.4. The summed E-state index contributed by atoms with van der Waals surface area (Å²) >= 11 is 0. The molecule has 0 saturated carbocycles. The number of hydrogen-bond acceptors (Lipinski definition) is 4. The van der Waals surface area contributed by atoms with Crippen molar-refractivity contribution in [3.63, 3.8) is 0 Å². The Labute approximate surface area is 284 Å².